The van der Waals surface area contributed by atoms with Gasteiger partial charge in [-0.3, -0.25) is 9.59 Å². The number of aromatic nitrogens is 2. The Bertz CT molecular complexity index is 1020. The minimum atomic E-state index is -0.571. The molecular weight excluding hydrogens is 416 g/mol. The smallest absolute Gasteiger partial charge is 0.277 e. The van der Waals surface area contributed by atoms with Gasteiger partial charge in [-0.25, -0.2) is 0 Å². The number of aryl methyl sites for hydroxylation is 1. The molecule has 7 nitrogen and oxygen atoms in total. The van der Waals surface area contributed by atoms with Crippen LogP contribution in [0.1, 0.15) is 34.1 Å². The molecule has 3 heterocycles. The number of nitrogens with one attached hydrogen (secondary N) is 1. The summed E-state index contributed by atoms with van der Waals surface area (Å²) in [4.78, 5) is 25.8. The number of primary amides is 1. The van der Waals surface area contributed by atoms with Gasteiger partial charge in [0.25, 0.3) is 17.0 Å². The number of carbonyl (C=O) groups is 2. The molecule has 3 N–H and O–H groups in total. The Morgan fingerprint density at radius 1 is 1.43 bits per heavy atom. The summed E-state index contributed by atoms with van der Waals surface area (Å²) in [6, 6.07) is 3.73. The summed E-state index contributed by atoms with van der Waals surface area (Å²) < 4.78 is 5.72. The van der Waals surface area contributed by atoms with Crippen LogP contribution >= 0.6 is 34.4 Å². The molecule has 0 aromatic carbocycles. The van der Waals surface area contributed by atoms with Crippen LogP contribution in [0.4, 0.5) is 5.00 Å². The summed E-state index contributed by atoms with van der Waals surface area (Å²) in [7, 11) is 0. The largest absolute Gasteiger partial charge is 0.410 e. The molecule has 0 saturated heterocycles. The Morgan fingerprint density at radius 2 is 2.29 bits per heavy atom. The monoisotopic (exact) mass is 434 g/mol. The second kappa shape index (κ2) is 8.06. The van der Waals surface area contributed by atoms with E-state index in [9.17, 15) is 9.59 Å². The van der Waals surface area contributed by atoms with E-state index in [1.165, 1.54) is 28.2 Å². The Kier molecular flexibility index (Phi) is 5.51. The van der Waals surface area contributed by atoms with Gasteiger partial charge in [-0.15, -0.1) is 32.9 Å². The molecule has 1 aliphatic carbocycles. The topological polar surface area (TPSA) is 111 Å². The van der Waals surface area contributed by atoms with Crippen molar-refractivity contribution >= 4 is 51.3 Å². The lowest BCUT2D eigenvalue weighted by Crippen LogP contribution is -2.17. The molecule has 3 aromatic heterocycles. The normalized spacial score (nSPS) is 16.0. The van der Waals surface area contributed by atoms with E-state index >= 15 is 0 Å². The summed E-state index contributed by atoms with van der Waals surface area (Å²) in [5.74, 6) is 0.457. The van der Waals surface area contributed by atoms with E-state index in [0.29, 0.717) is 27.6 Å². The van der Waals surface area contributed by atoms with Crippen molar-refractivity contribution in [3.63, 3.8) is 0 Å². The highest BCUT2D eigenvalue weighted by molar-refractivity contribution is 7.99. The van der Waals surface area contributed by atoms with Crippen LogP contribution < -0.4 is 11.1 Å². The molecule has 4 rings (SSSR count). The fraction of sp³-hybridized carbons (Fsp3) is 0.333. The maximum Gasteiger partial charge on any atom is 0.277 e. The predicted octanol–water partition coefficient (Wildman–Crippen LogP) is 3.81. The molecule has 10 heteroatoms. The van der Waals surface area contributed by atoms with Crippen LogP contribution in [0.25, 0.3) is 10.8 Å². The average Bonchev–Trinajstić information content (AvgIpc) is 3.38. The van der Waals surface area contributed by atoms with Crippen LogP contribution in [0.15, 0.2) is 27.2 Å². The summed E-state index contributed by atoms with van der Waals surface area (Å²) in [6.45, 7) is 2.28. The van der Waals surface area contributed by atoms with Crippen molar-refractivity contribution in [2.75, 3.05) is 11.1 Å². The zero-order valence-electron chi connectivity index (χ0n) is 15.1. The first-order valence-electron chi connectivity index (χ1n) is 8.75. The lowest BCUT2D eigenvalue weighted by atomic mass is 9.90. The molecule has 0 aliphatic heterocycles. The van der Waals surface area contributed by atoms with Crippen molar-refractivity contribution in [1.29, 1.82) is 0 Å². The zero-order valence-corrected chi connectivity index (χ0v) is 17.5. The summed E-state index contributed by atoms with van der Waals surface area (Å²) >= 11 is 4.12. The number of fused-ring (bicyclic) bond motifs is 1. The number of anilines is 1. The summed E-state index contributed by atoms with van der Waals surface area (Å²) in [5, 5.41) is 13.3. The van der Waals surface area contributed by atoms with Gasteiger partial charge < -0.3 is 15.5 Å². The predicted molar refractivity (Wildman–Crippen MR) is 111 cm³/mol. The third-order valence-electron chi connectivity index (χ3n) is 4.46. The maximum absolute atomic E-state index is 12.1. The van der Waals surface area contributed by atoms with Crippen molar-refractivity contribution in [1.82, 2.24) is 10.2 Å². The van der Waals surface area contributed by atoms with Gasteiger partial charge in [0.2, 0.25) is 5.91 Å². The molecule has 0 spiro atoms. The number of rotatable bonds is 6. The van der Waals surface area contributed by atoms with E-state index in [-0.39, 0.29) is 11.7 Å². The van der Waals surface area contributed by atoms with Gasteiger partial charge in [0.1, 0.15) is 5.00 Å². The van der Waals surface area contributed by atoms with Crippen LogP contribution in [0.2, 0.25) is 0 Å². The first kappa shape index (κ1) is 19.2. The Balaban J connectivity index is 1.37. The molecule has 1 atom stereocenters. The highest BCUT2D eigenvalue weighted by Crippen LogP contribution is 2.37. The minimum absolute atomic E-state index is 0.0934. The van der Waals surface area contributed by atoms with Crippen LogP contribution in [0.5, 0.6) is 0 Å². The van der Waals surface area contributed by atoms with Crippen LogP contribution in [0.3, 0.4) is 0 Å². The van der Waals surface area contributed by atoms with E-state index in [0.717, 1.165) is 29.5 Å². The number of hydrogen-bond donors (Lipinski definition) is 2. The third kappa shape index (κ3) is 4.13. The van der Waals surface area contributed by atoms with Crippen LogP contribution in [-0.4, -0.2) is 27.8 Å². The first-order chi connectivity index (χ1) is 13.5. The Labute approximate surface area is 173 Å². The van der Waals surface area contributed by atoms with E-state index in [1.54, 1.807) is 22.8 Å². The number of amides is 2. The number of nitrogens with two attached hydrogens (primary N) is 1. The molecule has 28 heavy (non-hydrogen) atoms. The standard InChI is InChI=1S/C18H18N4O3S3/c1-9-2-3-10-7-13(28-12(10)6-9)16-21-22-18(25-16)27-8-14(23)20-17-11(15(19)24)4-5-26-17/h4-5,7,9H,2-3,6,8H2,1H3,(H2,19,24)(H,20,23)/t9-/m1/s1. The van der Waals surface area contributed by atoms with Crippen molar-refractivity contribution in [2.24, 2.45) is 11.7 Å². The lowest BCUT2D eigenvalue weighted by Gasteiger charge is -2.16. The first-order valence-corrected chi connectivity index (χ1v) is 11.4. The van der Waals surface area contributed by atoms with Gasteiger partial charge in [0, 0.05) is 4.88 Å². The van der Waals surface area contributed by atoms with E-state index in [4.69, 9.17) is 10.2 Å². The Hall–Kier alpha value is -2.17. The summed E-state index contributed by atoms with van der Waals surface area (Å²) in [5.41, 5.74) is 6.97. The second-order valence-corrected chi connectivity index (χ2v) is 9.62. The SMILES string of the molecule is C[C@@H]1CCc2cc(-c3nnc(SCC(=O)Nc4sccc4C(N)=O)o3)sc2C1. The number of hydrogen-bond acceptors (Lipinski definition) is 8. The number of carbonyl (C=O) groups excluding carboxylic acids is 2. The molecule has 146 valence electrons. The number of thiophene rings is 2. The van der Waals surface area contributed by atoms with Gasteiger partial charge in [-0.2, -0.15) is 0 Å². The Morgan fingerprint density at radius 3 is 3.11 bits per heavy atom. The molecule has 0 radical (unpaired) electrons. The fourth-order valence-corrected chi connectivity index (χ4v) is 5.70. The minimum Gasteiger partial charge on any atom is -0.410 e. The van der Waals surface area contributed by atoms with Crippen molar-refractivity contribution in [2.45, 2.75) is 31.4 Å². The van der Waals surface area contributed by atoms with Crippen LogP contribution in [-0.2, 0) is 17.6 Å². The van der Waals surface area contributed by atoms with Gasteiger partial charge in [-0.05, 0) is 48.3 Å². The van der Waals surface area contributed by atoms with Gasteiger partial charge in [-0.1, -0.05) is 18.7 Å². The quantitative estimate of drug-likeness (QED) is 0.571. The van der Waals surface area contributed by atoms with E-state index in [2.05, 4.69) is 28.5 Å². The van der Waals surface area contributed by atoms with E-state index < -0.39 is 5.91 Å². The highest BCUT2D eigenvalue weighted by atomic mass is 32.2. The van der Waals surface area contributed by atoms with Crippen molar-refractivity contribution in [3.8, 4) is 10.8 Å². The van der Waals surface area contributed by atoms with Gasteiger partial charge >= 0.3 is 0 Å². The maximum atomic E-state index is 12.1. The van der Waals surface area contributed by atoms with Gasteiger partial charge in [0.15, 0.2) is 0 Å². The molecule has 1 aliphatic rings. The van der Waals surface area contributed by atoms with Crippen molar-refractivity contribution < 1.29 is 14.0 Å². The number of nitrogens with zero attached hydrogens (tertiary/aromatic N) is 2. The third-order valence-corrected chi connectivity index (χ3v) is 7.30. The second-order valence-electron chi connectivity index (χ2n) is 6.64. The molecular formula is C18H18N4O3S3. The van der Waals surface area contributed by atoms with Crippen LogP contribution in [0, 0.1) is 5.92 Å². The lowest BCUT2D eigenvalue weighted by molar-refractivity contribution is -0.113. The molecule has 0 saturated carbocycles. The average molecular weight is 435 g/mol. The van der Waals surface area contributed by atoms with Gasteiger partial charge in [0.05, 0.1) is 16.2 Å². The molecule has 3 aromatic rings. The fourth-order valence-electron chi connectivity index (χ4n) is 3.03. The van der Waals surface area contributed by atoms with E-state index in [1.807, 2.05) is 0 Å². The number of thioether (sulfide) groups is 1. The van der Waals surface area contributed by atoms with Crippen molar-refractivity contribution in [3.05, 3.63) is 33.5 Å². The molecule has 2 amide bonds. The molecule has 0 unspecified atom stereocenters. The highest BCUT2D eigenvalue weighted by Gasteiger charge is 2.21. The summed E-state index contributed by atoms with van der Waals surface area (Å²) in [6.07, 6.45) is 3.41. The zero-order chi connectivity index (χ0) is 19.7. The molecule has 0 fully saturated rings. The molecule has 0 bridgehead atoms.